The molecule has 0 aromatic heterocycles. The van der Waals surface area contributed by atoms with E-state index in [0.717, 1.165) is 22.6 Å². The van der Waals surface area contributed by atoms with Crippen LogP contribution in [0, 0.1) is 0 Å². The summed E-state index contributed by atoms with van der Waals surface area (Å²) in [6.07, 6.45) is -4.21. The van der Waals surface area contributed by atoms with Gasteiger partial charge in [-0.25, -0.2) is 4.79 Å². The van der Waals surface area contributed by atoms with Crippen molar-refractivity contribution in [2.45, 2.75) is 12.6 Å². The summed E-state index contributed by atoms with van der Waals surface area (Å²) in [7, 11) is 0. The Labute approximate surface area is 203 Å². The van der Waals surface area contributed by atoms with Crippen molar-refractivity contribution in [2.75, 3.05) is 18.5 Å². The van der Waals surface area contributed by atoms with Gasteiger partial charge in [-0.15, -0.1) is 0 Å². The summed E-state index contributed by atoms with van der Waals surface area (Å²) in [6, 6.07) is 17.5. The van der Waals surface area contributed by atoms with E-state index in [2.05, 4.69) is 5.32 Å². The number of anilines is 1. The third-order valence-corrected chi connectivity index (χ3v) is 5.51. The molecule has 7 nitrogen and oxygen atoms in total. The van der Waals surface area contributed by atoms with Crippen LogP contribution in [-0.4, -0.2) is 41.7 Å². The zero-order chi connectivity index (χ0) is 25.9. The average molecular weight is 496 g/mol. The Morgan fingerprint density at radius 3 is 2.25 bits per heavy atom. The zero-order valence-electron chi connectivity index (χ0n) is 18.7. The van der Waals surface area contributed by atoms with Gasteiger partial charge in [0.2, 0.25) is 0 Å². The van der Waals surface area contributed by atoms with Gasteiger partial charge in [-0.05, 0) is 42.3 Å². The molecule has 184 valence electrons. The second-order valence-corrected chi connectivity index (χ2v) is 7.93. The third kappa shape index (κ3) is 5.27. The predicted molar refractivity (Wildman–Crippen MR) is 122 cm³/mol. The monoisotopic (exact) mass is 496 g/mol. The van der Waals surface area contributed by atoms with Crippen molar-refractivity contribution in [1.82, 2.24) is 4.90 Å². The van der Waals surface area contributed by atoms with Crippen LogP contribution in [-0.2, 0) is 22.1 Å². The minimum atomic E-state index is -4.68. The molecule has 0 atom stereocenters. The molecule has 4 rings (SSSR count). The highest BCUT2D eigenvalue weighted by molar-refractivity contribution is 6.22. The molecule has 3 aromatic carbocycles. The Kier molecular flexibility index (Phi) is 6.86. The largest absolute Gasteiger partial charge is 0.452 e. The van der Waals surface area contributed by atoms with E-state index < -0.39 is 47.7 Å². The number of hydrogen-bond acceptors (Lipinski definition) is 5. The molecule has 1 aliphatic rings. The van der Waals surface area contributed by atoms with Crippen molar-refractivity contribution in [3.63, 3.8) is 0 Å². The number of rotatable bonds is 7. The Balaban J connectivity index is 1.38. The normalized spacial score (nSPS) is 12.9. The van der Waals surface area contributed by atoms with Crippen LogP contribution in [0.15, 0.2) is 72.8 Å². The second kappa shape index (κ2) is 10.0. The fraction of sp³-hybridized carbons (Fsp3) is 0.154. The summed E-state index contributed by atoms with van der Waals surface area (Å²) < 4.78 is 44.1. The van der Waals surface area contributed by atoms with Crippen molar-refractivity contribution in [3.05, 3.63) is 101 Å². The summed E-state index contributed by atoms with van der Waals surface area (Å²) in [4.78, 5) is 51.0. The molecule has 0 saturated carbocycles. The molecule has 3 amide bonds. The Morgan fingerprint density at radius 1 is 0.861 bits per heavy atom. The van der Waals surface area contributed by atoms with Crippen LogP contribution in [0.2, 0.25) is 0 Å². The number of fused-ring (bicyclic) bond motifs is 1. The van der Waals surface area contributed by atoms with Crippen LogP contribution in [0.1, 0.15) is 42.2 Å². The lowest BCUT2D eigenvalue weighted by Gasteiger charge is -2.13. The highest BCUT2D eigenvalue weighted by Gasteiger charge is 2.36. The number of alkyl halides is 3. The molecule has 1 heterocycles. The summed E-state index contributed by atoms with van der Waals surface area (Å²) in [5.74, 6) is -2.98. The van der Waals surface area contributed by atoms with E-state index in [-0.39, 0.29) is 23.2 Å². The minimum Gasteiger partial charge on any atom is -0.452 e. The smallest absolute Gasteiger partial charge is 0.418 e. The highest BCUT2D eigenvalue weighted by atomic mass is 19.4. The van der Waals surface area contributed by atoms with Crippen molar-refractivity contribution in [3.8, 4) is 0 Å². The number of nitrogens with one attached hydrogen (secondary N) is 1. The first kappa shape index (κ1) is 24.6. The van der Waals surface area contributed by atoms with Gasteiger partial charge in [0.05, 0.1) is 27.9 Å². The molecule has 10 heteroatoms. The lowest BCUT2D eigenvalue weighted by atomic mass is 10.1. The summed E-state index contributed by atoms with van der Waals surface area (Å²) in [5.41, 5.74) is -0.457. The highest BCUT2D eigenvalue weighted by Crippen LogP contribution is 2.34. The molecule has 1 N–H and O–H groups in total. The quantitative estimate of drug-likeness (QED) is 0.388. The van der Waals surface area contributed by atoms with Gasteiger partial charge < -0.3 is 10.1 Å². The van der Waals surface area contributed by atoms with Gasteiger partial charge in [0.15, 0.2) is 6.61 Å². The van der Waals surface area contributed by atoms with Crippen LogP contribution >= 0.6 is 0 Å². The molecule has 0 bridgehead atoms. The molecule has 0 unspecified atom stereocenters. The molecule has 0 saturated heterocycles. The Bertz CT molecular complexity index is 1340. The van der Waals surface area contributed by atoms with Crippen molar-refractivity contribution in [1.29, 1.82) is 0 Å². The number of imide groups is 1. The van der Waals surface area contributed by atoms with Crippen molar-refractivity contribution < 1.29 is 37.1 Å². The van der Waals surface area contributed by atoms with E-state index in [1.165, 1.54) is 30.3 Å². The van der Waals surface area contributed by atoms with Gasteiger partial charge in [0, 0.05) is 6.54 Å². The lowest BCUT2D eigenvalue weighted by Crippen LogP contribution is -2.31. The second-order valence-electron chi connectivity index (χ2n) is 7.93. The fourth-order valence-corrected chi connectivity index (χ4v) is 3.75. The van der Waals surface area contributed by atoms with E-state index in [9.17, 15) is 32.3 Å². The molecule has 0 radical (unpaired) electrons. The number of benzene rings is 3. The number of carbonyl (C=O) groups is 4. The van der Waals surface area contributed by atoms with Gasteiger partial charge in [-0.3, -0.25) is 19.3 Å². The molecule has 0 fully saturated rings. The Hall–Kier alpha value is -4.47. The molecular weight excluding hydrogens is 477 g/mol. The van der Waals surface area contributed by atoms with Crippen LogP contribution in [0.25, 0.3) is 0 Å². The topological polar surface area (TPSA) is 92.8 Å². The first-order chi connectivity index (χ1) is 17.1. The maximum atomic E-state index is 13.1. The van der Waals surface area contributed by atoms with E-state index in [1.807, 2.05) is 30.3 Å². The number of para-hydroxylation sites is 1. The summed E-state index contributed by atoms with van der Waals surface area (Å²) in [5, 5.41) is 2.07. The fourth-order valence-electron chi connectivity index (χ4n) is 3.75. The van der Waals surface area contributed by atoms with Crippen LogP contribution in [0.5, 0.6) is 0 Å². The number of hydrogen-bond donors (Lipinski definition) is 1. The van der Waals surface area contributed by atoms with Crippen molar-refractivity contribution >= 4 is 29.4 Å². The molecule has 0 spiro atoms. The molecule has 36 heavy (non-hydrogen) atoms. The number of carbonyl (C=O) groups excluding carboxylic acids is 4. The summed E-state index contributed by atoms with van der Waals surface area (Å²) >= 11 is 0. The average Bonchev–Trinajstić information content (AvgIpc) is 3.10. The number of nitrogens with zero attached hydrogens (tertiary/aromatic N) is 1. The lowest BCUT2D eigenvalue weighted by molar-refractivity contribution is -0.137. The minimum absolute atomic E-state index is 0.0334. The maximum Gasteiger partial charge on any atom is 0.418 e. The van der Waals surface area contributed by atoms with E-state index in [0.29, 0.717) is 6.42 Å². The van der Waals surface area contributed by atoms with Crippen LogP contribution in [0.3, 0.4) is 0 Å². The predicted octanol–water partition coefficient (Wildman–Crippen LogP) is 4.34. The first-order valence-electron chi connectivity index (χ1n) is 10.8. The molecule has 1 aliphatic heterocycles. The molecule has 3 aromatic rings. The van der Waals surface area contributed by atoms with Gasteiger partial charge in [0.1, 0.15) is 0 Å². The molecule has 0 aliphatic carbocycles. The standard InChI is InChI=1S/C26H19F3N2O5/c27-26(28,29)20-8-4-5-9-21(20)30-22(32)15-36-25(35)17-10-11-18-19(14-17)24(34)31(23(18)33)13-12-16-6-2-1-3-7-16/h1-11,14H,12-13,15H2,(H,30,32). The number of ether oxygens (including phenoxy) is 1. The first-order valence-corrected chi connectivity index (χ1v) is 10.8. The van der Waals surface area contributed by atoms with Gasteiger partial charge in [0.25, 0.3) is 17.7 Å². The Morgan fingerprint density at radius 2 is 1.53 bits per heavy atom. The summed E-state index contributed by atoms with van der Waals surface area (Å²) in [6.45, 7) is -0.687. The van der Waals surface area contributed by atoms with Crippen molar-refractivity contribution in [2.24, 2.45) is 0 Å². The third-order valence-electron chi connectivity index (χ3n) is 5.51. The van der Waals surface area contributed by atoms with Crippen LogP contribution < -0.4 is 5.32 Å². The van der Waals surface area contributed by atoms with Gasteiger partial charge >= 0.3 is 12.1 Å². The van der Waals surface area contributed by atoms with E-state index in [4.69, 9.17) is 4.74 Å². The zero-order valence-corrected chi connectivity index (χ0v) is 18.7. The van der Waals surface area contributed by atoms with Gasteiger partial charge in [-0.2, -0.15) is 13.2 Å². The van der Waals surface area contributed by atoms with E-state index >= 15 is 0 Å². The number of amides is 3. The van der Waals surface area contributed by atoms with E-state index in [1.54, 1.807) is 0 Å². The number of halogens is 3. The number of esters is 1. The van der Waals surface area contributed by atoms with Crippen LogP contribution in [0.4, 0.5) is 18.9 Å². The molecular formula is C26H19F3N2O5. The SMILES string of the molecule is O=C(COC(=O)c1ccc2c(c1)C(=O)N(CCc1ccccc1)C2=O)Nc1ccccc1C(F)(F)F. The maximum absolute atomic E-state index is 13.1. The van der Waals surface area contributed by atoms with Gasteiger partial charge in [-0.1, -0.05) is 42.5 Å².